The Morgan fingerprint density at radius 1 is 1.00 bits per heavy atom. The van der Waals surface area contributed by atoms with Crippen LogP contribution in [0.3, 0.4) is 0 Å². The second kappa shape index (κ2) is 8.19. The number of hydrogen-bond donors (Lipinski definition) is 1. The van der Waals surface area contributed by atoms with Crippen molar-refractivity contribution in [2.45, 2.75) is 6.42 Å². The molecule has 0 fully saturated rings. The molecular weight excluding hydrogens is 364 g/mol. The molecule has 1 aliphatic heterocycles. The van der Waals surface area contributed by atoms with Crippen LogP contribution < -0.4 is 10.1 Å². The van der Waals surface area contributed by atoms with Crippen molar-refractivity contribution in [3.63, 3.8) is 0 Å². The summed E-state index contributed by atoms with van der Waals surface area (Å²) < 4.78 is 5.62. The van der Waals surface area contributed by atoms with Crippen LogP contribution in [0.15, 0.2) is 72.8 Å². The predicted octanol–water partition coefficient (Wildman–Crippen LogP) is 4.00. The van der Waals surface area contributed by atoms with Crippen LogP contribution in [0.5, 0.6) is 5.75 Å². The molecule has 0 saturated heterocycles. The number of carbonyl (C=O) groups excluding carboxylic acids is 2. The highest BCUT2D eigenvalue weighted by atomic mass is 16.5. The van der Waals surface area contributed by atoms with E-state index >= 15 is 0 Å². The number of carbonyl (C=O) groups is 2. The summed E-state index contributed by atoms with van der Waals surface area (Å²) in [5.41, 5.74) is 4.24. The standard InChI is InChI=1S/C24H22N2O3/c1-26-13-14-29-22-12-11-20(16-21(22)24(26)28)25-23(27)15-17-7-9-19(10-8-17)18-5-3-2-4-6-18/h2-12,16H,13-15H2,1H3,(H,25,27). The molecule has 5 heteroatoms. The van der Waals surface area contributed by atoms with Crippen LogP contribution in [0.4, 0.5) is 5.69 Å². The van der Waals surface area contributed by atoms with Gasteiger partial charge in [-0.2, -0.15) is 0 Å². The molecule has 4 rings (SSSR count). The summed E-state index contributed by atoms with van der Waals surface area (Å²) in [6.45, 7) is 0.994. The maximum absolute atomic E-state index is 12.5. The van der Waals surface area contributed by atoms with Gasteiger partial charge in [-0.15, -0.1) is 0 Å². The van der Waals surface area contributed by atoms with Crippen molar-refractivity contribution in [2.24, 2.45) is 0 Å². The summed E-state index contributed by atoms with van der Waals surface area (Å²) in [7, 11) is 1.74. The molecular formula is C24H22N2O3. The minimum Gasteiger partial charge on any atom is -0.491 e. The third kappa shape index (κ3) is 4.29. The molecule has 0 radical (unpaired) electrons. The number of fused-ring (bicyclic) bond motifs is 1. The third-order valence-corrected chi connectivity index (χ3v) is 4.95. The number of rotatable bonds is 4. The van der Waals surface area contributed by atoms with Gasteiger partial charge in [0.25, 0.3) is 5.91 Å². The van der Waals surface area contributed by atoms with Crippen molar-refractivity contribution in [1.29, 1.82) is 0 Å². The van der Waals surface area contributed by atoms with Crippen molar-refractivity contribution in [2.75, 3.05) is 25.5 Å². The van der Waals surface area contributed by atoms with Crippen molar-refractivity contribution in [3.8, 4) is 16.9 Å². The van der Waals surface area contributed by atoms with Gasteiger partial charge in [0.1, 0.15) is 12.4 Å². The molecule has 1 heterocycles. The molecule has 3 aromatic carbocycles. The number of nitrogens with one attached hydrogen (secondary N) is 1. The summed E-state index contributed by atoms with van der Waals surface area (Å²) in [5.74, 6) is 0.312. The largest absolute Gasteiger partial charge is 0.491 e. The van der Waals surface area contributed by atoms with E-state index in [4.69, 9.17) is 4.74 Å². The first-order chi connectivity index (χ1) is 14.1. The molecule has 1 aliphatic rings. The number of hydrogen-bond acceptors (Lipinski definition) is 3. The fraction of sp³-hybridized carbons (Fsp3) is 0.167. The minimum absolute atomic E-state index is 0.106. The van der Waals surface area contributed by atoms with E-state index in [1.165, 1.54) is 0 Å². The average Bonchev–Trinajstić information content (AvgIpc) is 2.88. The molecule has 3 aromatic rings. The fourth-order valence-corrected chi connectivity index (χ4v) is 3.34. The molecule has 0 bridgehead atoms. The first-order valence-electron chi connectivity index (χ1n) is 9.57. The lowest BCUT2D eigenvalue weighted by Gasteiger charge is -2.13. The number of nitrogens with zero attached hydrogens (tertiary/aromatic N) is 1. The van der Waals surface area contributed by atoms with Gasteiger partial charge in [-0.25, -0.2) is 0 Å². The van der Waals surface area contributed by atoms with Crippen LogP contribution >= 0.6 is 0 Å². The van der Waals surface area contributed by atoms with Gasteiger partial charge in [-0.05, 0) is 34.9 Å². The first kappa shape index (κ1) is 18.7. The Bertz CT molecular complexity index is 1030. The van der Waals surface area contributed by atoms with Crippen LogP contribution in [0, 0.1) is 0 Å². The van der Waals surface area contributed by atoms with E-state index in [0.29, 0.717) is 30.2 Å². The monoisotopic (exact) mass is 386 g/mol. The molecule has 0 aliphatic carbocycles. The molecule has 0 saturated carbocycles. The smallest absolute Gasteiger partial charge is 0.257 e. The topological polar surface area (TPSA) is 58.6 Å². The maximum Gasteiger partial charge on any atom is 0.257 e. The summed E-state index contributed by atoms with van der Waals surface area (Å²) in [6.07, 6.45) is 0.260. The number of likely N-dealkylation sites (N-methyl/N-ethyl adjacent to an activating group) is 1. The predicted molar refractivity (Wildman–Crippen MR) is 113 cm³/mol. The highest BCUT2D eigenvalue weighted by molar-refractivity contribution is 6.00. The summed E-state index contributed by atoms with van der Waals surface area (Å²) in [6, 6.07) is 23.2. The number of amides is 2. The van der Waals surface area contributed by atoms with Gasteiger partial charge < -0.3 is 15.0 Å². The Morgan fingerprint density at radius 3 is 2.48 bits per heavy atom. The van der Waals surface area contributed by atoms with Gasteiger partial charge in [-0.1, -0.05) is 54.6 Å². The van der Waals surface area contributed by atoms with Gasteiger partial charge in [0.2, 0.25) is 5.91 Å². The lowest BCUT2D eigenvalue weighted by molar-refractivity contribution is -0.115. The Hall–Kier alpha value is -3.60. The van der Waals surface area contributed by atoms with E-state index in [1.807, 2.05) is 42.5 Å². The molecule has 1 N–H and O–H groups in total. The second-order valence-electron chi connectivity index (χ2n) is 7.07. The molecule has 0 spiro atoms. The van der Waals surface area contributed by atoms with E-state index in [-0.39, 0.29) is 18.2 Å². The number of benzene rings is 3. The lowest BCUT2D eigenvalue weighted by Crippen LogP contribution is -2.27. The van der Waals surface area contributed by atoms with Crippen LogP contribution in [0.25, 0.3) is 11.1 Å². The van der Waals surface area contributed by atoms with E-state index in [1.54, 1.807) is 30.1 Å². The van der Waals surface area contributed by atoms with E-state index < -0.39 is 0 Å². The molecule has 0 atom stereocenters. The number of ether oxygens (including phenoxy) is 1. The van der Waals surface area contributed by atoms with Crippen molar-refractivity contribution in [1.82, 2.24) is 4.90 Å². The van der Waals surface area contributed by atoms with E-state index in [0.717, 1.165) is 16.7 Å². The number of anilines is 1. The molecule has 146 valence electrons. The zero-order chi connectivity index (χ0) is 20.2. The van der Waals surface area contributed by atoms with Crippen molar-refractivity contribution >= 4 is 17.5 Å². The third-order valence-electron chi connectivity index (χ3n) is 4.95. The second-order valence-corrected chi connectivity index (χ2v) is 7.07. The highest BCUT2D eigenvalue weighted by Gasteiger charge is 2.21. The van der Waals surface area contributed by atoms with Gasteiger partial charge in [-0.3, -0.25) is 9.59 Å². The van der Waals surface area contributed by atoms with E-state index in [2.05, 4.69) is 17.4 Å². The van der Waals surface area contributed by atoms with Crippen LogP contribution in [0.1, 0.15) is 15.9 Å². The van der Waals surface area contributed by atoms with Crippen molar-refractivity contribution in [3.05, 3.63) is 83.9 Å². The minimum atomic E-state index is -0.132. The molecule has 0 aromatic heterocycles. The Balaban J connectivity index is 1.44. The summed E-state index contributed by atoms with van der Waals surface area (Å²) in [5, 5.41) is 2.88. The SMILES string of the molecule is CN1CCOc2ccc(NC(=O)Cc3ccc(-c4ccccc4)cc3)cc2C1=O. The van der Waals surface area contributed by atoms with Gasteiger partial charge in [0, 0.05) is 12.7 Å². The first-order valence-corrected chi connectivity index (χ1v) is 9.57. The average molecular weight is 386 g/mol. The molecule has 2 amide bonds. The quantitative estimate of drug-likeness (QED) is 0.737. The van der Waals surface area contributed by atoms with Gasteiger partial charge in [0.15, 0.2) is 0 Å². The highest BCUT2D eigenvalue weighted by Crippen LogP contribution is 2.26. The van der Waals surface area contributed by atoms with Gasteiger partial charge in [0.05, 0.1) is 18.5 Å². The summed E-state index contributed by atoms with van der Waals surface area (Å²) in [4.78, 5) is 26.5. The molecule has 29 heavy (non-hydrogen) atoms. The summed E-state index contributed by atoms with van der Waals surface area (Å²) >= 11 is 0. The fourth-order valence-electron chi connectivity index (χ4n) is 3.34. The Labute approximate surface area is 169 Å². The molecule has 5 nitrogen and oxygen atoms in total. The normalized spacial score (nSPS) is 13.3. The maximum atomic E-state index is 12.5. The van der Waals surface area contributed by atoms with Crippen LogP contribution in [-0.4, -0.2) is 36.9 Å². The lowest BCUT2D eigenvalue weighted by atomic mass is 10.0. The van der Waals surface area contributed by atoms with Crippen LogP contribution in [-0.2, 0) is 11.2 Å². The van der Waals surface area contributed by atoms with Crippen molar-refractivity contribution < 1.29 is 14.3 Å². The van der Waals surface area contributed by atoms with Crippen LogP contribution in [0.2, 0.25) is 0 Å². The van der Waals surface area contributed by atoms with E-state index in [9.17, 15) is 9.59 Å². The zero-order valence-corrected chi connectivity index (χ0v) is 16.2. The Morgan fingerprint density at radius 2 is 1.72 bits per heavy atom. The molecule has 0 unspecified atom stereocenters. The Kier molecular flexibility index (Phi) is 5.29. The zero-order valence-electron chi connectivity index (χ0n) is 16.2. The van der Waals surface area contributed by atoms with Gasteiger partial charge >= 0.3 is 0 Å².